The molecule has 20 heavy (non-hydrogen) atoms. The minimum absolute atomic E-state index is 0.0690. The number of nitrogens with one attached hydrogen (secondary N) is 1. The van der Waals surface area contributed by atoms with Crippen molar-refractivity contribution in [1.29, 1.82) is 0 Å². The summed E-state index contributed by atoms with van der Waals surface area (Å²) in [4.78, 5) is 1.38. The summed E-state index contributed by atoms with van der Waals surface area (Å²) < 4.78 is 26.9. The Balaban J connectivity index is 2.10. The Morgan fingerprint density at radius 1 is 1.30 bits per heavy atom. The summed E-state index contributed by atoms with van der Waals surface area (Å²) in [6.07, 6.45) is 0.882. The van der Waals surface area contributed by atoms with E-state index in [4.69, 9.17) is 0 Å². The molecule has 0 fully saturated rings. The predicted molar refractivity (Wildman–Crippen MR) is 70.0 cm³/mol. The van der Waals surface area contributed by atoms with Crippen LogP contribution in [-0.4, -0.2) is 32.8 Å². The summed E-state index contributed by atoms with van der Waals surface area (Å²) in [7, 11) is 1.69. The zero-order chi connectivity index (χ0) is 14.5. The molecule has 0 aliphatic rings. The number of benzene rings is 1. The van der Waals surface area contributed by atoms with Gasteiger partial charge in [-0.05, 0) is 29.8 Å². The van der Waals surface area contributed by atoms with Crippen LogP contribution >= 0.6 is 0 Å². The number of hydrogen-bond donors (Lipinski definition) is 1. The van der Waals surface area contributed by atoms with Crippen molar-refractivity contribution in [2.75, 3.05) is 6.54 Å². The molecule has 1 N–H and O–H groups in total. The van der Waals surface area contributed by atoms with Gasteiger partial charge in [-0.1, -0.05) is 19.1 Å². The van der Waals surface area contributed by atoms with Crippen molar-refractivity contribution in [3.05, 3.63) is 41.2 Å². The summed E-state index contributed by atoms with van der Waals surface area (Å²) in [5.74, 6) is -1.03. The maximum Gasteiger partial charge on any atom is 0.176 e. The topological polar surface area (TPSA) is 55.6 Å². The van der Waals surface area contributed by atoms with Crippen LogP contribution in [0.4, 0.5) is 8.78 Å². The molecule has 0 radical (unpaired) electrons. The van der Waals surface area contributed by atoms with Crippen LogP contribution in [-0.2, 0) is 19.9 Å². The van der Waals surface area contributed by atoms with Crippen LogP contribution in [0.1, 0.15) is 18.3 Å². The largest absolute Gasteiger partial charge is 0.313 e. The SMILES string of the molecule is CCNC(Cc1nnn(C)n1)Cc1cccc(F)c1F. The van der Waals surface area contributed by atoms with Crippen molar-refractivity contribution in [3.63, 3.8) is 0 Å². The van der Waals surface area contributed by atoms with E-state index >= 15 is 0 Å². The van der Waals surface area contributed by atoms with Crippen LogP contribution in [0.25, 0.3) is 0 Å². The average Bonchev–Trinajstić information content (AvgIpc) is 2.81. The van der Waals surface area contributed by atoms with Crippen LogP contribution in [0, 0.1) is 11.6 Å². The second-order valence-corrected chi connectivity index (χ2v) is 4.57. The Morgan fingerprint density at radius 2 is 2.10 bits per heavy atom. The quantitative estimate of drug-likeness (QED) is 0.866. The Labute approximate surface area is 116 Å². The van der Waals surface area contributed by atoms with Gasteiger partial charge in [0.1, 0.15) is 0 Å². The molecule has 5 nitrogen and oxygen atoms in total. The molecule has 1 aromatic heterocycles. The third-order valence-electron chi connectivity index (χ3n) is 2.97. The van der Waals surface area contributed by atoms with Crippen LogP contribution in [0.3, 0.4) is 0 Å². The van der Waals surface area contributed by atoms with Crippen molar-refractivity contribution in [3.8, 4) is 0 Å². The zero-order valence-electron chi connectivity index (χ0n) is 11.5. The minimum Gasteiger partial charge on any atom is -0.313 e. The van der Waals surface area contributed by atoms with Gasteiger partial charge in [-0.3, -0.25) is 0 Å². The number of halogens is 2. The van der Waals surface area contributed by atoms with Crippen molar-refractivity contribution >= 4 is 0 Å². The lowest BCUT2D eigenvalue weighted by atomic mass is 10.0. The van der Waals surface area contributed by atoms with Gasteiger partial charge in [0.05, 0.1) is 7.05 Å². The highest BCUT2D eigenvalue weighted by molar-refractivity contribution is 5.20. The molecule has 1 unspecified atom stereocenters. The summed E-state index contributed by atoms with van der Waals surface area (Å²) in [5.41, 5.74) is 0.347. The van der Waals surface area contributed by atoms with Gasteiger partial charge in [0, 0.05) is 12.5 Å². The second-order valence-electron chi connectivity index (χ2n) is 4.57. The second kappa shape index (κ2) is 6.51. The zero-order valence-corrected chi connectivity index (χ0v) is 11.5. The molecule has 1 atom stereocenters. The van der Waals surface area contributed by atoms with Crippen LogP contribution < -0.4 is 5.32 Å². The summed E-state index contributed by atoms with van der Waals surface area (Å²) >= 11 is 0. The maximum atomic E-state index is 13.7. The van der Waals surface area contributed by atoms with Crippen molar-refractivity contribution in [1.82, 2.24) is 25.5 Å². The third kappa shape index (κ3) is 3.57. The molecule has 0 bridgehead atoms. The number of likely N-dealkylation sites (N-methyl/N-ethyl adjacent to an activating group) is 1. The van der Waals surface area contributed by atoms with E-state index in [1.165, 1.54) is 10.9 Å². The van der Waals surface area contributed by atoms with E-state index in [9.17, 15) is 8.78 Å². The number of tetrazole rings is 1. The van der Waals surface area contributed by atoms with Crippen LogP contribution in [0.2, 0.25) is 0 Å². The third-order valence-corrected chi connectivity index (χ3v) is 2.97. The van der Waals surface area contributed by atoms with Gasteiger partial charge in [0.15, 0.2) is 17.5 Å². The van der Waals surface area contributed by atoms with E-state index in [2.05, 4.69) is 20.7 Å². The highest BCUT2D eigenvalue weighted by atomic mass is 19.2. The van der Waals surface area contributed by atoms with Gasteiger partial charge < -0.3 is 5.32 Å². The first kappa shape index (κ1) is 14.5. The molecule has 0 saturated heterocycles. The highest BCUT2D eigenvalue weighted by Crippen LogP contribution is 2.14. The highest BCUT2D eigenvalue weighted by Gasteiger charge is 2.16. The Bertz CT molecular complexity index is 570. The van der Waals surface area contributed by atoms with Gasteiger partial charge >= 0.3 is 0 Å². The fourth-order valence-electron chi connectivity index (χ4n) is 2.10. The van der Waals surface area contributed by atoms with E-state index < -0.39 is 11.6 Å². The lowest BCUT2D eigenvalue weighted by molar-refractivity contribution is 0.469. The molecule has 0 aliphatic heterocycles. The smallest absolute Gasteiger partial charge is 0.176 e. The normalized spacial score (nSPS) is 12.6. The van der Waals surface area contributed by atoms with E-state index in [1.54, 1.807) is 13.1 Å². The number of aromatic nitrogens is 4. The lowest BCUT2D eigenvalue weighted by Gasteiger charge is -2.16. The summed E-state index contributed by atoms with van der Waals surface area (Å²) in [6.45, 7) is 2.68. The van der Waals surface area contributed by atoms with Crippen molar-refractivity contribution < 1.29 is 8.78 Å². The molecule has 2 aromatic rings. The number of hydrogen-bond acceptors (Lipinski definition) is 4. The fraction of sp³-hybridized carbons (Fsp3) is 0.462. The van der Waals surface area contributed by atoms with Gasteiger partial charge in [-0.2, -0.15) is 4.80 Å². The van der Waals surface area contributed by atoms with Gasteiger partial charge in [-0.15, -0.1) is 10.2 Å². The lowest BCUT2D eigenvalue weighted by Crippen LogP contribution is -2.33. The number of nitrogens with zero attached hydrogens (tertiary/aromatic N) is 4. The molecular formula is C13H17F2N5. The Morgan fingerprint density at radius 3 is 2.75 bits per heavy atom. The van der Waals surface area contributed by atoms with E-state index in [-0.39, 0.29) is 6.04 Å². The standard InChI is InChI=1S/C13H17F2N5/c1-3-16-10(8-12-17-19-20(2)18-12)7-9-5-4-6-11(14)13(9)15/h4-6,10,16H,3,7-8H2,1-2H3. The molecule has 0 spiro atoms. The van der Waals surface area contributed by atoms with E-state index in [0.717, 1.165) is 12.6 Å². The van der Waals surface area contributed by atoms with E-state index in [0.29, 0.717) is 24.2 Å². The minimum atomic E-state index is -0.824. The van der Waals surface area contributed by atoms with Gasteiger partial charge in [0.25, 0.3) is 0 Å². The molecule has 1 heterocycles. The average molecular weight is 281 g/mol. The molecule has 0 aliphatic carbocycles. The van der Waals surface area contributed by atoms with Crippen LogP contribution in [0.15, 0.2) is 18.2 Å². The molecule has 0 amide bonds. The van der Waals surface area contributed by atoms with Gasteiger partial charge in [-0.25, -0.2) is 8.78 Å². The van der Waals surface area contributed by atoms with E-state index in [1.807, 2.05) is 6.92 Å². The molecule has 1 aromatic carbocycles. The van der Waals surface area contributed by atoms with Crippen molar-refractivity contribution in [2.45, 2.75) is 25.8 Å². The summed E-state index contributed by atoms with van der Waals surface area (Å²) in [6, 6.07) is 4.15. The van der Waals surface area contributed by atoms with Crippen LogP contribution in [0.5, 0.6) is 0 Å². The van der Waals surface area contributed by atoms with Gasteiger partial charge in [0.2, 0.25) is 0 Å². The fourth-order valence-corrected chi connectivity index (χ4v) is 2.10. The first-order valence-corrected chi connectivity index (χ1v) is 6.49. The molecule has 108 valence electrons. The molecular weight excluding hydrogens is 264 g/mol. The monoisotopic (exact) mass is 281 g/mol. The Kier molecular flexibility index (Phi) is 4.73. The van der Waals surface area contributed by atoms with Crippen molar-refractivity contribution in [2.24, 2.45) is 7.05 Å². The molecule has 0 saturated carbocycles. The Hall–Kier alpha value is -1.89. The predicted octanol–water partition coefficient (Wildman–Crippen LogP) is 1.25. The first-order valence-electron chi connectivity index (χ1n) is 6.49. The number of rotatable bonds is 6. The maximum absolute atomic E-state index is 13.7. The first-order chi connectivity index (χ1) is 9.60. The summed E-state index contributed by atoms with van der Waals surface area (Å²) in [5, 5.41) is 15.0. The molecule has 7 heteroatoms. The number of aryl methyl sites for hydroxylation is 1. The molecule has 2 rings (SSSR count).